The molecule has 2 atom stereocenters. The molecule has 114 valence electrons. The van der Waals surface area contributed by atoms with Gasteiger partial charge in [-0.15, -0.1) is 0 Å². The van der Waals surface area contributed by atoms with Crippen molar-refractivity contribution in [2.24, 2.45) is 17.8 Å². The summed E-state index contributed by atoms with van der Waals surface area (Å²) in [4.78, 5) is 24.9. The van der Waals surface area contributed by atoms with Crippen molar-refractivity contribution in [3.8, 4) is 0 Å². The maximum atomic E-state index is 11.5. The first-order valence-electron chi connectivity index (χ1n) is 7.34. The Kier molecular flexibility index (Phi) is 3.71. The van der Waals surface area contributed by atoms with E-state index in [2.05, 4.69) is 10.2 Å². The summed E-state index contributed by atoms with van der Waals surface area (Å²) in [5.41, 5.74) is 0. The van der Waals surface area contributed by atoms with Gasteiger partial charge in [0.05, 0.1) is 12.5 Å². The summed E-state index contributed by atoms with van der Waals surface area (Å²) in [5.74, 6) is 0.618. The van der Waals surface area contributed by atoms with Crippen LogP contribution in [-0.2, 0) is 11.3 Å². The van der Waals surface area contributed by atoms with Crippen LogP contribution in [0, 0.1) is 17.8 Å². The van der Waals surface area contributed by atoms with Gasteiger partial charge in [0.1, 0.15) is 5.76 Å². The van der Waals surface area contributed by atoms with Crippen molar-refractivity contribution in [1.29, 1.82) is 0 Å². The van der Waals surface area contributed by atoms with Crippen LogP contribution in [0.4, 0.5) is 0 Å². The van der Waals surface area contributed by atoms with Gasteiger partial charge in [0.25, 0.3) is 5.91 Å². The third-order valence-electron chi connectivity index (χ3n) is 4.48. The molecule has 1 aliphatic heterocycles. The molecule has 2 fully saturated rings. The van der Waals surface area contributed by atoms with Crippen molar-refractivity contribution >= 4 is 11.9 Å². The second-order valence-corrected chi connectivity index (χ2v) is 5.99. The summed E-state index contributed by atoms with van der Waals surface area (Å²) < 4.78 is 5.50. The highest BCUT2D eigenvalue weighted by molar-refractivity contribution is 5.91. The molecule has 6 heteroatoms. The maximum absolute atomic E-state index is 11.5. The van der Waals surface area contributed by atoms with Crippen molar-refractivity contribution in [2.75, 3.05) is 20.1 Å². The summed E-state index contributed by atoms with van der Waals surface area (Å²) in [6.07, 6.45) is 2.31. The molecule has 0 bridgehead atoms. The first-order valence-corrected chi connectivity index (χ1v) is 7.34. The number of likely N-dealkylation sites (tertiary alicyclic amines) is 1. The highest BCUT2D eigenvalue weighted by Gasteiger charge is 2.45. The second-order valence-electron chi connectivity index (χ2n) is 5.99. The second kappa shape index (κ2) is 5.52. The third kappa shape index (κ3) is 2.95. The normalized spacial score (nSPS) is 26.0. The van der Waals surface area contributed by atoms with E-state index in [-0.39, 0.29) is 17.7 Å². The molecule has 1 amide bonds. The zero-order valence-electron chi connectivity index (χ0n) is 12.0. The van der Waals surface area contributed by atoms with E-state index in [1.807, 2.05) is 0 Å². The van der Waals surface area contributed by atoms with Crippen LogP contribution in [-0.4, -0.2) is 42.0 Å². The average Bonchev–Trinajstić information content (AvgIpc) is 3.05. The van der Waals surface area contributed by atoms with Crippen molar-refractivity contribution in [1.82, 2.24) is 10.2 Å². The first kappa shape index (κ1) is 14.1. The van der Waals surface area contributed by atoms with Crippen LogP contribution in [0.25, 0.3) is 0 Å². The lowest BCUT2D eigenvalue weighted by Gasteiger charge is -2.13. The Bertz CT molecular complexity index is 550. The van der Waals surface area contributed by atoms with Crippen LogP contribution in [0.2, 0.25) is 0 Å². The summed E-state index contributed by atoms with van der Waals surface area (Å²) in [5, 5.41) is 11.9. The Morgan fingerprint density at radius 1 is 1.38 bits per heavy atom. The molecule has 2 N–H and O–H groups in total. The average molecular weight is 292 g/mol. The van der Waals surface area contributed by atoms with Crippen LogP contribution in [0.3, 0.4) is 0 Å². The number of carbonyl (C=O) groups excluding carboxylic acids is 1. The van der Waals surface area contributed by atoms with Crippen LogP contribution in [0.1, 0.15) is 29.2 Å². The fourth-order valence-electron chi connectivity index (χ4n) is 3.23. The van der Waals surface area contributed by atoms with E-state index in [0.717, 1.165) is 19.4 Å². The molecular formula is C15H20N2O4. The molecule has 1 aliphatic carbocycles. The molecule has 6 nitrogen and oxygen atoms in total. The van der Waals surface area contributed by atoms with Crippen molar-refractivity contribution in [3.05, 3.63) is 23.7 Å². The van der Waals surface area contributed by atoms with E-state index in [1.54, 1.807) is 19.2 Å². The lowest BCUT2D eigenvalue weighted by atomic mass is 9.92. The van der Waals surface area contributed by atoms with E-state index in [4.69, 9.17) is 4.42 Å². The predicted molar refractivity (Wildman–Crippen MR) is 74.7 cm³/mol. The van der Waals surface area contributed by atoms with E-state index >= 15 is 0 Å². The summed E-state index contributed by atoms with van der Waals surface area (Å²) in [6, 6.07) is 3.43. The number of amides is 1. The molecule has 1 saturated heterocycles. The van der Waals surface area contributed by atoms with Crippen LogP contribution in [0.5, 0.6) is 0 Å². The minimum atomic E-state index is -0.695. The zero-order valence-corrected chi connectivity index (χ0v) is 12.0. The van der Waals surface area contributed by atoms with Gasteiger partial charge in [-0.1, -0.05) is 0 Å². The summed E-state index contributed by atoms with van der Waals surface area (Å²) in [7, 11) is 1.56. The highest BCUT2D eigenvalue weighted by Crippen LogP contribution is 2.44. The fourth-order valence-corrected chi connectivity index (χ4v) is 3.23. The first-order chi connectivity index (χ1) is 10.1. The summed E-state index contributed by atoms with van der Waals surface area (Å²) >= 11 is 0. The SMILES string of the molecule is CNC(=O)c1ccc(CN2C[C@@H](C(=O)O)[C@H](C3CC3)C2)o1. The van der Waals surface area contributed by atoms with Gasteiger partial charge in [-0.3, -0.25) is 14.5 Å². The zero-order chi connectivity index (χ0) is 15.0. The molecule has 2 aliphatic rings. The van der Waals surface area contributed by atoms with Gasteiger partial charge in [0.2, 0.25) is 0 Å². The number of hydrogen-bond donors (Lipinski definition) is 2. The molecule has 0 aromatic carbocycles. The van der Waals surface area contributed by atoms with E-state index < -0.39 is 5.97 Å². The predicted octanol–water partition coefficient (Wildman–Crippen LogP) is 1.18. The molecule has 21 heavy (non-hydrogen) atoms. The number of carboxylic acids is 1. The smallest absolute Gasteiger partial charge is 0.308 e. The van der Waals surface area contributed by atoms with Gasteiger partial charge in [-0.25, -0.2) is 0 Å². The number of furan rings is 1. The fraction of sp³-hybridized carbons (Fsp3) is 0.600. The molecule has 1 aromatic heterocycles. The molecular weight excluding hydrogens is 272 g/mol. The van der Waals surface area contributed by atoms with Crippen molar-refractivity contribution in [3.63, 3.8) is 0 Å². The van der Waals surface area contributed by atoms with Gasteiger partial charge in [0, 0.05) is 20.1 Å². The van der Waals surface area contributed by atoms with Gasteiger partial charge >= 0.3 is 5.97 Å². The standard InChI is InChI=1S/C15H20N2O4/c1-16-14(18)13-5-4-10(21-13)6-17-7-11(9-2-3-9)12(8-17)15(19)20/h4-5,9,11-12H,2-3,6-8H2,1H3,(H,16,18)(H,19,20)/t11-,12+/m0/s1. The summed E-state index contributed by atoms with van der Waals surface area (Å²) in [6.45, 7) is 1.92. The number of nitrogens with zero attached hydrogens (tertiary/aromatic N) is 1. The minimum Gasteiger partial charge on any atom is -0.481 e. The molecule has 1 saturated carbocycles. The molecule has 0 radical (unpaired) electrons. The van der Waals surface area contributed by atoms with Crippen molar-refractivity contribution in [2.45, 2.75) is 19.4 Å². The highest BCUT2D eigenvalue weighted by atomic mass is 16.4. The van der Waals surface area contributed by atoms with Crippen molar-refractivity contribution < 1.29 is 19.1 Å². The van der Waals surface area contributed by atoms with Crippen LogP contribution >= 0.6 is 0 Å². The van der Waals surface area contributed by atoms with E-state index in [1.165, 1.54) is 0 Å². The van der Waals surface area contributed by atoms with E-state index in [0.29, 0.717) is 30.5 Å². The largest absolute Gasteiger partial charge is 0.481 e. The lowest BCUT2D eigenvalue weighted by molar-refractivity contribution is -0.142. The monoisotopic (exact) mass is 292 g/mol. The van der Waals surface area contributed by atoms with Crippen LogP contribution < -0.4 is 5.32 Å². The Hall–Kier alpha value is -1.82. The number of nitrogens with one attached hydrogen (secondary N) is 1. The quantitative estimate of drug-likeness (QED) is 0.851. The van der Waals surface area contributed by atoms with Gasteiger partial charge < -0.3 is 14.8 Å². The van der Waals surface area contributed by atoms with E-state index in [9.17, 15) is 14.7 Å². The number of carbonyl (C=O) groups is 2. The lowest BCUT2D eigenvalue weighted by Crippen LogP contribution is -2.24. The molecule has 0 spiro atoms. The van der Waals surface area contributed by atoms with Gasteiger partial charge in [-0.05, 0) is 36.8 Å². The molecule has 2 heterocycles. The Balaban J connectivity index is 1.64. The topological polar surface area (TPSA) is 82.8 Å². The number of hydrogen-bond acceptors (Lipinski definition) is 4. The van der Waals surface area contributed by atoms with Crippen LogP contribution in [0.15, 0.2) is 16.5 Å². The number of aliphatic carboxylic acids is 1. The Morgan fingerprint density at radius 3 is 2.76 bits per heavy atom. The Labute approximate surface area is 123 Å². The number of rotatable bonds is 5. The van der Waals surface area contributed by atoms with Gasteiger partial charge in [-0.2, -0.15) is 0 Å². The molecule has 3 rings (SSSR count). The third-order valence-corrected chi connectivity index (χ3v) is 4.48. The Morgan fingerprint density at radius 2 is 2.14 bits per heavy atom. The van der Waals surface area contributed by atoms with Gasteiger partial charge in [0.15, 0.2) is 5.76 Å². The molecule has 1 aromatic rings. The number of carboxylic acid groups (broad SMARTS) is 1. The minimum absolute atomic E-state index is 0.248. The molecule has 0 unspecified atom stereocenters. The maximum Gasteiger partial charge on any atom is 0.308 e.